The second-order valence-electron chi connectivity index (χ2n) is 12.1. The van der Waals surface area contributed by atoms with Crippen LogP contribution in [-0.4, -0.2) is 184 Å². The van der Waals surface area contributed by atoms with E-state index in [1.54, 1.807) is 0 Å². The summed E-state index contributed by atoms with van der Waals surface area (Å²) in [7, 11) is 0. The summed E-state index contributed by atoms with van der Waals surface area (Å²) >= 11 is 0. The molecule has 47 heavy (non-hydrogen) atoms. The number of aliphatic hydroxyl groups excluding tert-OH is 8. The van der Waals surface area contributed by atoms with Crippen molar-refractivity contribution in [2.75, 3.05) is 46.2 Å². The van der Waals surface area contributed by atoms with Gasteiger partial charge in [0.1, 0.15) is 36.6 Å². The van der Waals surface area contributed by atoms with Crippen LogP contribution in [0.4, 0.5) is 0 Å². The summed E-state index contributed by atoms with van der Waals surface area (Å²) in [5.74, 6) is -3.37. The monoisotopic (exact) mass is 683 g/mol. The van der Waals surface area contributed by atoms with E-state index in [-0.39, 0.29) is 26.4 Å². The van der Waals surface area contributed by atoms with Gasteiger partial charge in [-0.05, 0) is 0 Å². The number of hydrogen-bond donors (Lipinski definition) is 11. The van der Waals surface area contributed by atoms with Gasteiger partial charge in [0, 0.05) is 32.6 Å². The Morgan fingerprint density at radius 3 is 1.34 bits per heavy atom. The lowest BCUT2D eigenvalue weighted by atomic mass is 9.85. The van der Waals surface area contributed by atoms with Crippen LogP contribution in [0.2, 0.25) is 0 Å². The Morgan fingerprint density at radius 2 is 0.894 bits per heavy atom. The minimum Gasteiger partial charge on any atom is -0.394 e. The van der Waals surface area contributed by atoms with Crippen molar-refractivity contribution in [3.8, 4) is 0 Å². The molecule has 19 heteroatoms. The molecule has 0 bridgehead atoms. The van der Waals surface area contributed by atoms with Crippen molar-refractivity contribution in [1.82, 2.24) is 16.0 Å². The molecule has 0 aromatic carbocycles. The number of carbonyl (C=O) groups is 3. The third kappa shape index (κ3) is 9.97. The van der Waals surface area contributed by atoms with Crippen molar-refractivity contribution < 1.29 is 78.9 Å². The second kappa shape index (κ2) is 18.0. The van der Waals surface area contributed by atoms with Crippen LogP contribution in [-0.2, 0) is 38.1 Å². The van der Waals surface area contributed by atoms with E-state index in [2.05, 4.69) is 16.0 Å². The van der Waals surface area contributed by atoms with Crippen molar-refractivity contribution in [2.24, 2.45) is 11.8 Å². The van der Waals surface area contributed by atoms with Gasteiger partial charge in [-0.1, -0.05) is 0 Å². The summed E-state index contributed by atoms with van der Waals surface area (Å²) in [6.45, 7) is 0.839. The largest absolute Gasteiger partial charge is 0.394 e. The van der Waals surface area contributed by atoms with E-state index in [0.717, 1.165) is 0 Å². The van der Waals surface area contributed by atoms with Crippen LogP contribution in [0.25, 0.3) is 0 Å². The van der Waals surface area contributed by atoms with E-state index in [0.29, 0.717) is 0 Å². The average molecular weight is 684 g/mol. The Labute approximate surface area is 271 Å². The highest BCUT2D eigenvalue weighted by atomic mass is 16.6. The first kappa shape index (κ1) is 39.3. The number of hydrogen-bond acceptors (Lipinski definition) is 16. The lowest BCUT2D eigenvalue weighted by molar-refractivity contribution is -0.248. The summed E-state index contributed by atoms with van der Waals surface area (Å²) in [6, 6.07) is -3.35. The fraction of sp³-hybridized carbons (Fsp3) is 0.893. The minimum absolute atomic E-state index is 0.248. The number of rotatable bonds is 14. The van der Waals surface area contributed by atoms with Crippen LogP contribution in [0, 0.1) is 11.8 Å². The van der Waals surface area contributed by atoms with Gasteiger partial charge < -0.3 is 80.5 Å². The predicted octanol–water partition coefficient (Wildman–Crippen LogP) is -6.56. The molecule has 272 valence electrons. The molecule has 0 aromatic rings. The summed E-state index contributed by atoms with van der Waals surface area (Å²) < 4.78 is 28.6. The van der Waals surface area contributed by atoms with E-state index in [9.17, 15) is 55.2 Å². The Kier molecular flexibility index (Phi) is 15.1. The zero-order chi connectivity index (χ0) is 35.0. The van der Waals surface area contributed by atoms with E-state index < -0.39 is 129 Å². The van der Waals surface area contributed by atoms with Gasteiger partial charge in [0.2, 0.25) is 17.7 Å². The molecule has 0 spiro atoms. The van der Waals surface area contributed by atoms with Crippen molar-refractivity contribution in [3.63, 3.8) is 0 Å². The van der Waals surface area contributed by atoms with Crippen molar-refractivity contribution in [2.45, 2.75) is 100 Å². The maximum absolute atomic E-state index is 12.1. The molecule has 0 unspecified atom stereocenters. The van der Waals surface area contributed by atoms with Crippen molar-refractivity contribution in [1.29, 1.82) is 0 Å². The molecule has 3 saturated heterocycles. The lowest BCUT2D eigenvalue weighted by Gasteiger charge is -2.46. The summed E-state index contributed by atoms with van der Waals surface area (Å²) in [5, 5.41) is 90.0. The van der Waals surface area contributed by atoms with E-state index in [4.69, 9.17) is 23.7 Å². The van der Waals surface area contributed by atoms with Crippen LogP contribution in [0.15, 0.2) is 0 Å². The highest BCUT2D eigenvalue weighted by Crippen LogP contribution is 2.30. The Morgan fingerprint density at radius 1 is 0.511 bits per heavy atom. The second-order valence-corrected chi connectivity index (χ2v) is 12.1. The first-order chi connectivity index (χ1) is 22.2. The van der Waals surface area contributed by atoms with E-state index in [1.165, 1.54) is 20.8 Å². The molecule has 3 fully saturated rings. The molecule has 15 atom stereocenters. The minimum atomic E-state index is -1.58. The van der Waals surface area contributed by atoms with Crippen LogP contribution in [0.3, 0.4) is 0 Å². The first-order valence-electron chi connectivity index (χ1n) is 15.4. The maximum atomic E-state index is 12.1. The van der Waals surface area contributed by atoms with Gasteiger partial charge in [0.15, 0.2) is 6.29 Å². The standard InChI is InChI=1S/C28H49N3O16/c1-11(35)29-21-19(9-44-8-15-17(5-33)47-28(42)23(25(15)39)31-13(3)37)45-16(4-32)14(24(21)38)7-43-10-20-22(30-12(2)36)27(41)26(40)18(6-34)46-20/h14-28,32-34,38-42H,4-10H2,1-3H3,(H,29,35)(H,30,36)(H,31,37)/t14-,15-,16-,17-,18-,19+,20+,21+,22-,23-,24+,25+,26-,27-,28-/m1/s1. The molecule has 3 aliphatic rings. The molecule has 19 nitrogen and oxygen atoms in total. The Balaban J connectivity index is 1.66. The summed E-state index contributed by atoms with van der Waals surface area (Å²) in [6.07, 6.45) is -12.5. The number of ether oxygens (including phenoxy) is 5. The Bertz CT molecular complexity index is 1030. The highest BCUT2D eigenvalue weighted by Gasteiger charge is 2.48. The molecule has 3 aliphatic heterocycles. The first-order valence-corrected chi connectivity index (χ1v) is 15.4. The number of amides is 3. The van der Waals surface area contributed by atoms with Crippen LogP contribution >= 0.6 is 0 Å². The zero-order valence-electron chi connectivity index (χ0n) is 26.5. The van der Waals surface area contributed by atoms with Crippen molar-refractivity contribution in [3.05, 3.63) is 0 Å². The highest BCUT2D eigenvalue weighted by molar-refractivity contribution is 5.74. The third-order valence-corrected chi connectivity index (χ3v) is 8.62. The predicted molar refractivity (Wildman–Crippen MR) is 155 cm³/mol. The van der Waals surface area contributed by atoms with Gasteiger partial charge in [-0.15, -0.1) is 0 Å². The molecule has 0 aromatic heterocycles. The molecule has 0 radical (unpaired) electrons. The smallest absolute Gasteiger partial charge is 0.217 e. The van der Waals surface area contributed by atoms with Crippen molar-refractivity contribution >= 4 is 17.7 Å². The molecular formula is C28H49N3O16. The molecule has 3 heterocycles. The van der Waals surface area contributed by atoms with E-state index in [1.807, 2.05) is 0 Å². The number of nitrogens with one attached hydrogen (secondary N) is 3. The number of carbonyl (C=O) groups excluding carboxylic acids is 3. The molecule has 3 amide bonds. The quantitative estimate of drug-likeness (QED) is 0.0811. The van der Waals surface area contributed by atoms with Gasteiger partial charge in [-0.3, -0.25) is 14.4 Å². The molecule has 11 N–H and O–H groups in total. The summed E-state index contributed by atoms with van der Waals surface area (Å²) in [5.41, 5.74) is 0. The fourth-order valence-electron chi connectivity index (χ4n) is 6.24. The maximum Gasteiger partial charge on any atom is 0.217 e. The third-order valence-electron chi connectivity index (χ3n) is 8.62. The summed E-state index contributed by atoms with van der Waals surface area (Å²) in [4.78, 5) is 35.3. The topological polar surface area (TPSA) is 295 Å². The Hall–Kier alpha value is -2.11. The van der Waals surface area contributed by atoms with Gasteiger partial charge in [0.25, 0.3) is 0 Å². The number of aliphatic hydroxyl groups is 8. The molecule has 0 aliphatic carbocycles. The fourth-order valence-corrected chi connectivity index (χ4v) is 6.24. The SMILES string of the molecule is CC(=O)N[C@@H]1[C@@H](O)[C@H](COC[C@@H]2O[C@H](CO)[C@@H](COC[C@@H]3O[C@H](CO)[C@@H](O)[C@H](O)[C@@H]3NC(C)=O)[C@H](O)[C@H]2NC(C)=O)[C@@H](CO)O[C@H]1O. The van der Waals surface area contributed by atoms with Crippen LogP contribution in [0.1, 0.15) is 20.8 Å². The van der Waals surface area contributed by atoms with Gasteiger partial charge in [0.05, 0.1) is 82.7 Å². The normalized spacial score (nSPS) is 40.8. The van der Waals surface area contributed by atoms with Gasteiger partial charge in [-0.25, -0.2) is 0 Å². The van der Waals surface area contributed by atoms with Crippen LogP contribution in [0.5, 0.6) is 0 Å². The van der Waals surface area contributed by atoms with E-state index >= 15 is 0 Å². The molecular weight excluding hydrogens is 634 g/mol. The zero-order valence-corrected chi connectivity index (χ0v) is 26.5. The molecule has 3 rings (SSSR count). The molecule has 0 saturated carbocycles. The van der Waals surface area contributed by atoms with Crippen LogP contribution < -0.4 is 16.0 Å². The van der Waals surface area contributed by atoms with Gasteiger partial charge >= 0.3 is 0 Å². The lowest BCUT2D eigenvalue weighted by Crippen LogP contribution is -2.65. The average Bonchev–Trinajstić information content (AvgIpc) is 3.01. The van der Waals surface area contributed by atoms with Gasteiger partial charge in [-0.2, -0.15) is 0 Å².